The summed E-state index contributed by atoms with van der Waals surface area (Å²) in [5.74, 6) is 0.393. The van der Waals surface area contributed by atoms with Gasteiger partial charge in [-0.3, -0.25) is 19.9 Å². The third kappa shape index (κ3) is 2.15. The minimum absolute atomic E-state index is 0.208. The zero-order chi connectivity index (χ0) is 13.2. The van der Waals surface area contributed by atoms with Crippen molar-refractivity contribution >= 4 is 22.8 Å². The summed E-state index contributed by atoms with van der Waals surface area (Å²) in [5, 5.41) is 9.36. The topological polar surface area (TPSA) is 83.6 Å². The van der Waals surface area contributed by atoms with Crippen molar-refractivity contribution < 1.29 is 4.79 Å². The molecule has 2 aromatic heterocycles. The van der Waals surface area contributed by atoms with Crippen LogP contribution in [0, 0.1) is 6.92 Å². The van der Waals surface area contributed by atoms with Gasteiger partial charge in [0.25, 0.3) is 5.91 Å². The number of aryl methyl sites for hydroxylation is 1. The molecule has 0 atom stereocenters. The zero-order valence-corrected chi connectivity index (χ0v) is 10.2. The van der Waals surface area contributed by atoms with Crippen molar-refractivity contribution in [2.45, 2.75) is 6.92 Å². The van der Waals surface area contributed by atoms with Crippen molar-refractivity contribution in [2.75, 3.05) is 5.32 Å². The fourth-order valence-electron chi connectivity index (χ4n) is 1.76. The second-order valence-electron chi connectivity index (χ2n) is 4.14. The number of hydrogen-bond acceptors (Lipinski definition) is 4. The molecule has 6 nitrogen and oxygen atoms in total. The number of aromatic amines is 1. The Morgan fingerprint density at radius 2 is 2.00 bits per heavy atom. The predicted molar refractivity (Wildman–Crippen MR) is 70.8 cm³/mol. The lowest BCUT2D eigenvalue weighted by Gasteiger charge is -2.04. The number of hydrogen-bond donors (Lipinski definition) is 2. The molecule has 0 spiro atoms. The predicted octanol–water partition coefficient (Wildman–Crippen LogP) is 1.91. The average Bonchev–Trinajstić information content (AvgIpc) is 2.84. The number of benzene rings is 1. The van der Waals surface area contributed by atoms with Gasteiger partial charge >= 0.3 is 0 Å². The van der Waals surface area contributed by atoms with E-state index >= 15 is 0 Å². The quantitative estimate of drug-likeness (QED) is 0.730. The van der Waals surface area contributed by atoms with Crippen LogP contribution in [0.4, 0.5) is 5.82 Å². The smallest absolute Gasteiger partial charge is 0.256 e. The third-order valence-electron chi connectivity index (χ3n) is 2.80. The highest BCUT2D eigenvalue weighted by atomic mass is 16.1. The van der Waals surface area contributed by atoms with Crippen LogP contribution in [0.3, 0.4) is 0 Å². The number of H-pyrrole nitrogens is 1. The number of carbonyl (C=O) groups excluding carboxylic acids is 1. The highest BCUT2D eigenvalue weighted by Crippen LogP contribution is 2.14. The average molecular weight is 253 g/mol. The van der Waals surface area contributed by atoms with E-state index in [-0.39, 0.29) is 5.91 Å². The Hall–Kier alpha value is -2.76. The molecule has 0 radical (unpaired) electrons. The molecule has 0 saturated carbocycles. The van der Waals surface area contributed by atoms with Gasteiger partial charge in [-0.2, -0.15) is 5.10 Å². The van der Waals surface area contributed by atoms with Gasteiger partial charge in [-0.25, -0.2) is 0 Å². The summed E-state index contributed by atoms with van der Waals surface area (Å²) in [4.78, 5) is 20.4. The van der Waals surface area contributed by atoms with Crippen molar-refractivity contribution in [3.05, 3.63) is 47.9 Å². The highest BCUT2D eigenvalue weighted by molar-refractivity contribution is 6.05. The molecule has 1 aromatic carbocycles. The molecule has 3 aromatic rings. The summed E-state index contributed by atoms with van der Waals surface area (Å²) >= 11 is 0. The van der Waals surface area contributed by atoms with Gasteiger partial charge in [0.2, 0.25) is 0 Å². The van der Waals surface area contributed by atoms with Crippen molar-refractivity contribution in [1.29, 1.82) is 0 Å². The maximum Gasteiger partial charge on any atom is 0.256 e. The summed E-state index contributed by atoms with van der Waals surface area (Å²) in [6, 6.07) is 5.21. The first-order valence-corrected chi connectivity index (χ1v) is 5.76. The van der Waals surface area contributed by atoms with Gasteiger partial charge in [0, 0.05) is 23.5 Å². The van der Waals surface area contributed by atoms with Crippen molar-refractivity contribution in [3.8, 4) is 0 Å². The Bertz CT molecular complexity index is 749. The van der Waals surface area contributed by atoms with Gasteiger partial charge in [0.05, 0.1) is 17.2 Å². The number of carbonyl (C=O) groups is 1. The van der Waals surface area contributed by atoms with Gasteiger partial charge in [-0.1, -0.05) is 0 Å². The molecule has 6 heteroatoms. The number of nitrogens with zero attached hydrogens (tertiary/aromatic N) is 3. The monoisotopic (exact) mass is 253 g/mol. The first-order valence-electron chi connectivity index (χ1n) is 5.76. The Labute approximate surface area is 108 Å². The largest absolute Gasteiger partial charge is 0.307 e. The van der Waals surface area contributed by atoms with E-state index in [2.05, 4.69) is 25.5 Å². The van der Waals surface area contributed by atoms with E-state index in [0.717, 1.165) is 11.1 Å². The lowest BCUT2D eigenvalue weighted by atomic mass is 10.2. The molecule has 0 aliphatic carbocycles. The van der Waals surface area contributed by atoms with Gasteiger partial charge in [-0.15, -0.1) is 0 Å². The minimum atomic E-state index is -0.208. The van der Waals surface area contributed by atoms with Crippen LogP contribution in [0.25, 0.3) is 11.0 Å². The maximum atomic E-state index is 12.1. The summed E-state index contributed by atoms with van der Waals surface area (Å²) < 4.78 is 0. The van der Waals surface area contributed by atoms with Crippen LogP contribution in [-0.2, 0) is 0 Å². The molecule has 0 unspecified atom stereocenters. The third-order valence-corrected chi connectivity index (χ3v) is 2.80. The van der Waals surface area contributed by atoms with E-state index in [9.17, 15) is 4.79 Å². The second-order valence-corrected chi connectivity index (χ2v) is 4.14. The summed E-state index contributed by atoms with van der Waals surface area (Å²) in [6.07, 6.45) is 4.88. The highest BCUT2D eigenvalue weighted by Gasteiger charge is 2.09. The van der Waals surface area contributed by atoms with Crippen LogP contribution in [0.5, 0.6) is 0 Å². The van der Waals surface area contributed by atoms with Crippen molar-refractivity contribution in [1.82, 2.24) is 20.2 Å². The molecule has 0 bridgehead atoms. The van der Waals surface area contributed by atoms with Crippen LogP contribution in [0.15, 0.2) is 36.8 Å². The molecule has 2 heterocycles. The molecule has 0 fully saturated rings. The number of amides is 1. The van der Waals surface area contributed by atoms with Crippen LogP contribution in [0.1, 0.15) is 15.9 Å². The minimum Gasteiger partial charge on any atom is -0.307 e. The Morgan fingerprint density at radius 1 is 1.21 bits per heavy atom. The molecule has 2 N–H and O–H groups in total. The van der Waals surface area contributed by atoms with Crippen LogP contribution in [0.2, 0.25) is 0 Å². The van der Waals surface area contributed by atoms with E-state index in [1.807, 2.05) is 6.92 Å². The maximum absolute atomic E-state index is 12.1. The summed E-state index contributed by atoms with van der Waals surface area (Å²) in [7, 11) is 0. The lowest BCUT2D eigenvalue weighted by Crippen LogP contribution is -2.13. The fourth-order valence-corrected chi connectivity index (χ4v) is 1.76. The molecule has 0 aliphatic rings. The number of rotatable bonds is 2. The molecule has 1 amide bonds. The van der Waals surface area contributed by atoms with Gasteiger partial charge in [-0.05, 0) is 25.1 Å². The zero-order valence-electron chi connectivity index (χ0n) is 10.2. The Morgan fingerprint density at radius 3 is 2.74 bits per heavy atom. The van der Waals surface area contributed by atoms with Crippen molar-refractivity contribution in [2.24, 2.45) is 0 Å². The lowest BCUT2D eigenvalue weighted by molar-refractivity contribution is 0.102. The normalized spacial score (nSPS) is 10.6. The molecule has 94 valence electrons. The summed E-state index contributed by atoms with van der Waals surface area (Å²) in [5.41, 5.74) is 2.86. The van der Waals surface area contributed by atoms with E-state index in [1.165, 1.54) is 0 Å². The van der Waals surface area contributed by atoms with E-state index in [0.29, 0.717) is 16.9 Å². The molecule has 3 rings (SSSR count). The first-order chi connectivity index (χ1) is 9.24. The molecular formula is C13H11N5O. The van der Waals surface area contributed by atoms with Gasteiger partial charge in [0.15, 0.2) is 0 Å². The van der Waals surface area contributed by atoms with Crippen molar-refractivity contribution in [3.63, 3.8) is 0 Å². The second kappa shape index (κ2) is 4.49. The number of nitrogens with one attached hydrogen (secondary N) is 2. The molecule has 19 heavy (non-hydrogen) atoms. The molecular weight excluding hydrogens is 242 g/mol. The van der Waals surface area contributed by atoms with Crippen LogP contribution >= 0.6 is 0 Å². The number of fused-ring (bicyclic) bond motifs is 1. The van der Waals surface area contributed by atoms with Crippen LogP contribution < -0.4 is 5.32 Å². The Kier molecular flexibility index (Phi) is 2.68. The standard InChI is InChI=1S/C13H11N5O/c1-8-7-16-18-12(8)17-13(19)9-2-3-10-11(6-9)15-5-4-14-10/h2-7H,1H3,(H2,16,17,18,19). The van der Waals surface area contributed by atoms with E-state index in [4.69, 9.17) is 0 Å². The first kappa shape index (κ1) is 11.3. The fraction of sp³-hybridized carbons (Fsp3) is 0.0769. The molecule has 0 saturated heterocycles. The number of anilines is 1. The van der Waals surface area contributed by atoms with E-state index in [1.54, 1.807) is 36.8 Å². The van der Waals surface area contributed by atoms with Gasteiger partial charge < -0.3 is 5.32 Å². The van der Waals surface area contributed by atoms with Crippen LogP contribution in [-0.4, -0.2) is 26.1 Å². The SMILES string of the molecule is Cc1cn[nH]c1NC(=O)c1ccc2nccnc2c1. The van der Waals surface area contributed by atoms with Gasteiger partial charge in [0.1, 0.15) is 5.82 Å². The Balaban J connectivity index is 1.91. The number of aromatic nitrogens is 4. The molecule has 0 aliphatic heterocycles. The van der Waals surface area contributed by atoms with E-state index < -0.39 is 0 Å². The summed E-state index contributed by atoms with van der Waals surface area (Å²) in [6.45, 7) is 1.87.